The van der Waals surface area contributed by atoms with E-state index in [1.807, 2.05) is 49.3 Å². The van der Waals surface area contributed by atoms with Crippen molar-refractivity contribution < 1.29 is 0 Å². The number of rotatable bonds is 3. The minimum Gasteiger partial charge on any atom is -0.378 e. The standard InChI is InChI=1S/C17H18N4O/c1-12-9-13(2)21(17(22)16(12)10-18)19-11-14-5-7-15(8-6-14)20(3)4/h5-9,11H,1-4H3. The van der Waals surface area contributed by atoms with Gasteiger partial charge in [0.25, 0.3) is 5.56 Å². The largest absolute Gasteiger partial charge is 0.378 e. The van der Waals surface area contributed by atoms with E-state index in [-0.39, 0.29) is 11.1 Å². The van der Waals surface area contributed by atoms with Gasteiger partial charge in [0.15, 0.2) is 0 Å². The maximum absolute atomic E-state index is 12.2. The molecule has 0 saturated carbocycles. The van der Waals surface area contributed by atoms with E-state index in [1.165, 1.54) is 4.68 Å². The molecule has 0 amide bonds. The lowest BCUT2D eigenvalue weighted by molar-refractivity contribution is 0.786. The molecule has 1 aromatic heterocycles. The van der Waals surface area contributed by atoms with Crippen LogP contribution in [0.15, 0.2) is 40.2 Å². The maximum atomic E-state index is 12.2. The van der Waals surface area contributed by atoms with Crippen LogP contribution in [0, 0.1) is 25.2 Å². The van der Waals surface area contributed by atoms with Crippen LogP contribution in [0.5, 0.6) is 0 Å². The quantitative estimate of drug-likeness (QED) is 0.816. The Kier molecular flexibility index (Phi) is 4.42. The number of pyridine rings is 1. The molecule has 2 rings (SSSR count). The van der Waals surface area contributed by atoms with Crippen molar-refractivity contribution in [2.75, 3.05) is 19.0 Å². The summed E-state index contributed by atoms with van der Waals surface area (Å²) in [5.41, 5.74) is 3.09. The average Bonchev–Trinajstić information content (AvgIpc) is 2.47. The van der Waals surface area contributed by atoms with Crippen molar-refractivity contribution in [3.8, 4) is 6.07 Å². The molecule has 1 aromatic carbocycles. The minimum atomic E-state index is -0.388. The van der Waals surface area contributed by atoms with Crippen LogP contribution < -0.4 is 10.5 Å². The second-order valence-corrected chi connectivity index (χ2v) is 5.30. The summed E-state index contributed by atoms with van der Waals surface area (Å²) in [6.45, 7) is 3.54. The van der Waals surface area contributed by atoms with Gasteiger partial charge in [-0.2, -0.15) is 10.4 Å². The number of anilines is 1. The summed E-state index contributed by atoms with van der Waals surface area (Å²) in [5, 5.41) is 13.3. The van der Waals surface area contributed by atoms with E-state index < -0.39 is 0 Å². The monoisotopic (exact) mass is 294 g/mol. The maximum Gasteiger partial charge on any atom is 0.289 e. The third-order valence-corrected chi connectivity index (χ3v) is 3.40. The first-order chi connectivity index (χ1) is 10.4. The molecule has 2 aromatic rings. The second-order valence-electron chi connectivity index (χ2n) is 5.30. The minimum absolute atomic E-state index is 0.130. The Labute approximate surface area is 129 Å². The zero-order valence-electron chi connectivity index (χ0n) is 13.2. The van der Waals surface area contributed by atoms with E-state index in [4.69, 9.17) is 5.26 Å². The number of nitrogens with zero attached hydrogens (tertiary/aromatic N) is 4. The highest BCUT2D eigenvalue weighted by atomic mass is 16.1. The van der Waals surface area contributed by atoms with Crippen LogP contribution in [-0.2, 0) is 0 Å². The third-order valence-electron chi connectivity index (χ3n) is 3.40. The summed E-state index contributed by atoms with van der Waals surface area (Å²) < 4.78 is 1.26. The molecule has 0 unspecified atom stereocenters. The summed E-state index contributed by atoms with van der Waals surface area (Å²) >= 11 is 0. The molecule has 0 aliphatic heterocycles. The lowest BCUT2D eigenvalue weighted by Gasteiger charge is -2.11. The van der Waals surface area contributed by atoms with Gasteiger partial charge >= 0.3 is 0 Å². The average molecular weight is 294 g/mol. The number of benzene rings is 1. The van der Waals surface area contributed by atoms with E-state index in [2.05, 4.69) is 5.10 Å². The molecule has 5 nitrogen and oxygen atoms in total. The normalized spacial score (nSPS) is 10.7. The van der Waals surface area contributed by atoms with Crippen molar-refractivity contribution in [3.05, 3.63) is 63.1 Å². The molecule has 0 N–H and O–H groups in total. The first-order valence-corrected chi connectivity index (χ1v) is 6.89. The fraction of sp³-hybridized carbons (Fsp3) is 0.235. The molecule has 0 aliphatic carbocycles. The van der Waals surface area contributed by atoms with Crippen molar-refractivity contribution in [1.29, 1.82) is 5.26 Å². The van der Waals surface area contributed by atoms with Gasteiger partial charge in [-0.3, -0.25) is 4.79 Å². The van der Waals surface area contributed by atoms with Crippen molar-refractivity contribution >= 4 is 11.9 Å². The van der Waals surface area contributed by atoms with Crippen LogP contribution in [0.3, 0.4) is 0 Å². The Morgan fingerprint density at radius 3 is 2.41 bits per heavy atom. The SMILES string of the molecule is Cc1cc(C)n(N=Cc2ccc(N(C)C)cc2)c(=O)c1C#N. The molecule has 22 heavy (non-hydrogen) atoms. The van der Waals surface area contributed by atoms with Crippen LogP contribution in [0.2, 0.25) is 0 Å². The van der Waals surface area contributed by atoms with E-state index >= 15 is 0 Å². The molecule has 5 heteroatoms. The molecule has 0 radical (unpaired) electrons. The second kappa shape index (κ2) is 6.27. The van der Waals surface area contributed by atoms with Crippen LogP contribution >= 0.6 is 0 Å². The van der Waals surface area contributed by atoms with Crippen molar-refractivity contribution in [2.45, 2.75) is 13.8 Å². The lowest BCUT2D eigenvalue weighted by Crippen LogP contribution is -2.22. The van der Waals surface area contributed by atoms with Gasteiger partial charge in [-0.15, -0.1) is 0 Å². The zero-order chi connectivity index (χ0) is 16.3. The first kappa shape index (κ1) is 15.5. The number of aryl methyl sites for hydroxylation is 2. The van der Waals surface area contributed by atoms with Crippen LogP contribution in [0.1, 0.15) is 22.4 Å². The first-order valence-electron chi connectivity index (χ1n) is 6.89. The molecular formula is C17H18N4O. The van der Waals surface area contributed by atoms with Crippen LogP contribution in [-0.4, -0.2) is 25.0 Å². The molecule has 112 valence electrons. The molecule has 1 heterocycles. The molecular weight excluding hydrogens is 276 g/mol. The number of aromatic nitrogens is 1. The lowest BCUT2D eigenvalue weighted by atomic mass is 10.1. The van der Waals surface area contributed by atoms with Gasteiger partial charge in [-0.25, -0.2) is 4.68 Å². The van der Waals surface area contributed by atoms with Gasteiger partial charge in [0.05, 0.1) is 6.21 Å². The third kappa shape index (κ3) is 3.07. The summed E-state index contributed by atoms with van der Waals surface area (Å²) in [6.07, 6.45) is 1.62. The molecule has 0 fully saturated rings. The van der Waals surface area contributed by atoms with Crippen LogP contribution in [0.25, 0.3) is 0 Å². The predicted octanol–water partition coefficient (Wildman–Crippen LogP) is 2.29. The molecule has 0 bridgehead atoms. The Balaban J connectivity index is 2.39. The van der Waals surface area contributed by atoms with E-state index in [0.717, 1.165) is 11.3 Å². The Morgan fingerprint density at radius 2 is 1.86 bits per heavy atom. The molecule has 0 aliphatic rings. The van der Waals surface area contributed by atoms with E-state index in [0.29, 0.717) is 11.3 Å². The summed E-state index contributed by atoms with van der Waals surface area (Å²) in [5.74, 6) is 0. The van der Waals surface area contributed by atoms with E-state index in [1.54, 1.807) is 26.1 Å². The zero-order valence-corrected chi connectivity index (χ0v) is 13.2. The Bertz CT molecular complexity index is 808. The van der Waals surface area contributed by atoms with Gasteiger partial charge in [-0.1, -0.05) is 12.1 Å². The summed E-state index contributed by atoms with van der Waals surface area (Å²) in [4.78, 5) is 14.2. The van der Waals surface area contributed by atoms with Gasteiger partial charge in [0, 0.05) is 25.5 Å². The van der Waals surface area contributed by atoms with Gasteiger partial charge in [0.2, 0.25) is 0 Å². The molecule has 0 saturated heterocycles. The number of hydrogen-bond acceptors (Lipinski definition) is 4. The van der Waals surface area contributed by atoms with Gasteiger partial charge < -0.3 is 4.90 Å². The summed E-state index contributed by atoms with van der Waals surface area (Å²) in [6, 6.07) is 11.5. The highest BCUT2D eigenvalue weighted by Gasteiger charge is 2.08. The Morgan fingerprint density at radius 1 is 1.23 bits per heavy atom. The number of hydrogen-bond donors (Lipinski definition) is 0. The van der Waals surface area contributed by atoms with Crippen molar-refractivity contribution in [3.63, 3.8) is 0 Å². The summed E-state index contributed by atoms with van der Waals surface area (Å²) in [7, 11) is 3.95. The number of nitriles is 1. The van der Waals surface area contributed by atoms with Crippen molar-refractivity contribution in [1.82, 2.24) is 4.68 Å². The van der Waals surface area contributed by atoms with Crippen LogP contribution in [0.4, 0.5) is 5.69 Å². The van der Waals surface area contributed by atoms with Crippen molar-refractivity contribution in [2.24, 2.45) is 5.10 Å². The smallest absolute Gasteiger partial charge is 0.289 e. The predicted molar refractivity (Wildman–Crippen MR) is 88.7 cm³/mol. The molecule has 0 atom stereocenters. The Hall–Kier alpha value is -2.87. The van der Waals surface area contributed by atoms with Gasteiger partial charge in [-0.05, 0) is 43.2 Å². The highest BCUT2D eigenvalue weighted by molar-refractivity contribution is 5.80. The van der Waals surface area contributed by atoms with Gasteiger partial charge in [0.1, 0.15) is 11.6 Å². The van der Waals surface area contributed by atoms with E-state index in [9.17, 15) is 4.79 Å². The fourth-order valence-electron chi connectivity index (χ4n) is 2.14. The fourth-order valence-corrected chi connectivity index (χ4v) is 2.14. The topological polar surface area (TPSA) is 61.4 Å². The molecule has 0 spiro atoms. The highest BCUT2D eigenvalue weighted by Crippen LogP contribution is 2.11.